The molecule has 1 fully saturated rings. The molecular weight excluding hydrogens is 256 g/mol. The molecule has 108 valence electrons. The summed E-state index contributed by atoms with van der Waals surface area (Å²) in [5, 5.41) is 0. The van der Waals surface area contributed by atoms with E-state index < -0.39 is 0 Å². The van der Waals surface area contributed by atoms with Gasteiger partial charge in [-0.3, -0.25) is 14.3 Å². The zero-order chi connectivity index (χ0) is 14.1. The molecule has 0 spiro atoms. The maximum atomic E-state index is 12.1. The van der Waals surface area contributed by atoms with E-state index in [0.717, 1.165) is 25.7 Å². The number of nitrogens with one attached hydrogen (secondary N) is 1. The minimum atomic E-state index is -0.354. The van der Waals surface area contributed by atoms with Gasteiger partial charge in [0.05, 0.1) is 6.33 Å². The largest absolute Gasteiger partial charge is 0.330 e. The highest BCUT2D eigenvalue weighted by molar-refractivity contribution is 5.70. The third kappa shape index (κ3) is 2.09. The average Bonchev–Trinajstić information content (AvgIpc) is 3.07. The maximum Gasteiger partial charge on any atom is 0.330 e. The summed E-state index contributed by atoms with van der Waals surface area (Å²) in [6.07, 6.45) is 8.17. The van der Waals surface area contributed by atoms with Gasteiger partial charge in [-0.2, -0.15) is 0 Å². The van der Waals surface area contributed by atoms with E-state index in [1.807, 2.05) is 4.57 Å². The fraction of sp³-hybridized carbons (Fsp3) is 0.643. The highest BCUT2D eigenvalue weighted by atomic mass is 16.2. The second kappa shape index (κ2) is 5.26. The van der Waals surface area contributed by atoms with Crippen LogP contribution in [0.15, 0.2) is 15.9 Å². The zero-order valence-corrected chi connectivity index (χ0v) is 11.8. The second-order valence-electron chi connectivity index (χ2n) is 5.53. The molecule has 0 aromatic carbocycles. The van der Waals surface area contributed by atoms with Crippen LogP contribution < -0.4 is 11.2 Å². The van der Waals surface area contributed by atoms with Crippen LogP contribution >= 0.6 is 0 Å². The summed E-state index contributed by atoms with van der Waals surface area (Å²) in [5.41, 5.74) is 0.404. The fourth-order valence-corrected chi connectivity index (χ4v) is 3.07. The third-order valence-corrected chi connectivity index (χ3v) is 4.16. The van der Waals surface area contributed by atoms with Crippen LogP contribution in [0, 0.1) is 0 Å². The SMILES string of the molecule is CCCCn1c(=O)[nH]c(=O)c2c1ncn2C1CCCC1. The molecule has 2 aromatic rings. The van der Waals surface area contributed by atoms with Crippen molar-refractivity contribution < 1.29 is 0 Å². The van der Waals surface area contributed by atoms with Gasteiger partial charge < -0.3 is 4.57 Å². The Morgan fingerprint density at radius 2 is 2.10 bits per heavy atom. The minimum absolute atomic E-state index is 0.317. The number of aryl methyl sites for hydroxylation is 1. The lowest BCUT2D eigenvalue weighted by Crippen LogP contribution is -2.31. The van der Waals surface area contributed by atoms with Crippen molar-refractivity contribution in [3.8, 4) is 0 Å². The normalized spacial score (nSPS) is 16.2. The van der Waals surface area contributed by atoms with Gasteiger partial charge in [0.1, 0.15) is 0 Å². The van der Waals surface area contributed by atoms with Gasteiger partial charge in [0.15, 0.2) is 11.2 Å². The molecule has 1 saturated carbocycles. The van der Waals surface area contributed by atoms with E-state index in [1.54, 1.807) is 10.9 Å². The first-order chi connectivity index (χ1) is 9.72. The molecule has 0 bridgehead atoms. The molecule has 1 N–H and O–H groups in total. The van der Waals surface area contributed by atoms with Crippen LogP contribution in [0.5, 0.6) is 0 Å². The number of nitrogens with zero attached hydrogens (tertiary/aromatic N) is 3. The minimum Gasteiger partial charge on any atom is -0.322 e. The van der Waals surface area contributed by atoms with Gasteiger partial charge in [0.2, 0.25) is 0 Å². The Morgan fingerprint density at radius 1 is 1.35 bits per heavy atom. The first-order valence-corrected chi connectivity index (χ1v) is 7.42. The summed E-state index contributed by atoms with van der Waals surface area (Å²) in [6.45, 7) is 2.68. The Kier molecular flexibility index (Phi) is 3.46. The lowest BCUT2D eigenvalue weighted by atomic mass is 10.2. The summed E-state index contributed by atoms with van der Waals surface area (Å²) in [7, 11) is 0. The molecule has 6 heteroatoms. The van der Waals surface area contributed by atoms with E-state index in [1.165, 1.54) is 12.8 Å². The van der Waals surface area contributed by atoms with Crippen LogP contribution in [-0.2, 0) is 6.54 Å². The van der Waals surface area contributed by atoms with Crippen LogP contribution in [0.1, 0.15) is 51.5 Å². The Morgan fingerprint density at radius 3 is 2.80 bits per heavy atom. The molecule has 0 radical (unpaired) electrons. The molecule has 1 aliphatic carbocycles. The molecule has 0 unspecified atom stereocenters. The predicted octanol–water partition coefficient (Wildman–Crippen LogP) is 1.80. The van der Waals surface area contributed by atoms with E-state index in [9.17, 15) is 9.59 Å². The third-order valence-electron chi connectivity index (χ3n) is 4.16. The Bertz CT molecular complexity index is 719. The highest BCUT2D eigenvalue weighted by Gasteiger charge is 2.21. The van der Waals surface area contributed by atoms with E-state index in [2.05, 4.69) is 16.9 Å². The topological polar surface area (TPSA) is 72.7 Å². The van der Waals surface area contributed by atoms with Gasteiger partial charge in [-0.1, -0.05) is 26.2 Å². The molecule has 0 aliphatic heterocycles. The molecule has 2 heterocycles. The zero-order valence-electron chi connectivity index (χ0n) is 11.8. The average molecular weight is 276 g/mol. The van der Waals surface area contributed by atoms with Crippen LogP contribution in [0.4, 0.5) is 0 Å². The number of rotatable bonds is 4. The first kappa shape index (κ1) is 13.1. The number of imidazole rings is 1. The van der Waals surface area contributed by atoms with E-state index in [0.29, 0.717) is 23.8 Å². The molecule has 6 nitrogen and oxygen atoms in total. The quantitative estimate of drug-likeness (QED) is 0.925. The van der Waals surface area contributed by atoms with Crippen molar-refractivity contribution in [3.05, 3.63) is 27.2 Å². The van der Waals surface area contributed by atoms with Crippen LogP contribution in [0.25, 0.3) is 11.2 Å². The molecule has 20 heavy (non-hydrogen) atoms. The summed E-state index contributed by atoms with van der Waals surface area (Å²) in [5.74, 6) is 0. The van der Waals surface area contributed by atoms with Crippen molar-refractivity contribution in [1.29, 1.82) is 0 Å². The van der Waals surface area contributed by atoms with E-state index in [4.69, 9.17) is 0 Å². The maximum absolute atomic E-state index is 12.1. The van der Waals surface area contributed by atoms with E-state index in [-0.39, 0.29) is 11.2 Å². The first-order valence-electron chi connectivity index (χ1n) is 7.42. The van der Waals surface area contributed by atoms with Crippen molar-refractivity contribution in [2.24, 2.45) is 0 Å². The number of aromatic amines is 1. The summed E-state index contributed by atoms with van der Waals surface area (Å²) >= 11 is 0. The molecule has 0 saturated heterocycles. The lowest BCUT2D eigenvalue weighted by molar-refractivity contribution is 0.530. The molecule has 2 aromatic heterocycles. The van der Waals surface area contributed by atoms with Crippen molar-refractivity contribution in [2.45, 2.75) is 58.0 Å². The molecule has 3 rings (SSSR count). The number of H-pyrrole nitrogens is 1. The molecule has 0 amide bonds. The predicted molar refractivity (Wildman–Crippen MR) is 77.0 cm³/mol. The number of aromatic nitrogens is 4. The summed E-state index contributed by atoms with van der Waals surface area (Å²) in [6, 6.07) is 0.346. The van der Waals surface area contributed by atoms with Gasteiger partial charge in [-0.05, 0) is 19.3 Å². The Labute approximate surface area is 116 Å². The van der Waals surface area contributed by atoms with Gasteiger partial charge in [0.25, 0.3) is 5.56 Å². The highest BCUT2D eigenvalue weighted by Crippen LogP contribution is 2.30. The number of unbranched alkanes of at least 4 members (excludes halogenated alkanes) is 1. The number of hydrogen-bond donors (Lipinski definition) is 1. The lowest BCUT2D eigenvalue weighted by Gasteiger charge is -2.12. The van der Waals surface area contributed by atoms with Crippen LogP contribution in [0.2, 0.25) is 0 Å². The van der Waals surface area contributed by atoms with Gasteiger partial charge in [-0.15, -0.1) is 0 Å². The van der Waals surface area contributed by atoms with Gasteiger partial charge in [-0.25, -0.2) is 9.78 Å². The van der Waals surface area contributed by atoms with E-state index >= 15 is 0 Å². The van der Waals surface area contributed by atoms with Gasteiger partial charge >= 0.3 is 5.69 Å². The second-order valence-corrected chi connectivity index (χ2v) is 5.53. The smallest absolute Gasteiger partial charge is 0.322 e. The monoisotopic (exact) mass is 276 g/mol. The van der Waals surface area contributed by atoms with Crippen LogP contribution in [0.3, 0.4) is 0 Å². The Balaban J connectivity index is 2.16. The molecule has 1 aliphatic rings. The van der Waals surface area contributed by atoms with Gasteiger partial charge in [0, 0.05) is 12.6 Å². The molecule has 0 atom stereocenters. The van der Waals surface area contributed by atoms with Crippen molar-refractivity contribution in [2.75, 3.05) is 0 Å². The number of fused-ring (bicyclic) bond motifs is 1. The van der Waals surface area contributed by atoms with Crippen molar-refractivity contribution in [3.63, 3.8) is 0 Å². The number of hydrogen-bond acceptors (Lipinski definition) is 3. The summed E-state index contributed by atoms with van der Waals surface area (Å²) in [4.78, 5) is 30.9. The van der Waals surface area contributed by atoms with Crippen molar-refractivity contribution >= 4 is 11.2 Å². The Hall–Kier alpha value is -1.85. The standard InChI is InChI=1S/C14H20N4O2/c1-2-3-8-17-12-11(13(19)16-14(17)20)18(9-15-12)10-6-4-5-7-10/h9-10H,2-8H2,1H3,(H,16,19,20). The van der Waals surface area contributed by atoms with Crippen molar-refractivity contribution in [1.82, 2.24) is 19.1 Å². The van der Waals surface area contributed by atoms with Crippen LogP contribution in [-0.4, -0.2) is 19.1 Å². The fourth-order valence-electron chi connectivity index (χ4n) is 3.07. The summed E-state index contributed by atoms with van der Waals surface area (Å²) < 4.78 is 3.55. The molecular formula is C14H20N4O2.